The molecule has 1 aliphatic heterocycles. The highest BCUT2D eigenvalue weighted by Gasteiger charge is 2.31. The number of aryl methyl sites for hydroxylation is 3. The van der Waals surface area contributed by atoms with Crippen molar-refractivity contribution in [3.8, 4) is 0 Å². The first kappa shape index (κ1) is 17.7. The number of rotatable bonds is 4. The maximum absolute atomic E-state index is 14.8. The van der Waals surface area contributed by atoms with Gasteiger partial charge in [0.2, 0.25) is 5.95 Å². The van der Waals surface area contributed by atoms with E-state index in [2.05, 4.69) is 14.5 Å². The lowest BCUT2D eigenvalue weighted by Crippen LogP contribution is -2.44. The molecule has 27 heavy (non-hydrogen) atoms. The Hall–Kier alpha value is -2.70. The Morgan fingerprint density at radius 3 is 2.93 bits per heavy atom. The average molecular weight is 369 g/mol. The fourth-order valence-corrected chi connectivity index (χ4v) is 3.89. The van der Waals surface area contributed by atoms with E-state index in [0.717, 1.165) is 43.6 Å². The molecule has 0 spiro atoms. The molecule has 0 bridgehead atoms. The Bertz CT molecular complexity index is 976. The SMILES string of the molecule is Cc1ccc2nc(C(=O)N3CCCCC3CCn3ccnc3C)c(F)n2c1. The number of amides is 1. The first-order valence-electron chi connectivity index (χ1n) is 9.47. The highest BCUT2D eigenvalue weighted by molar-refractivity contribution is 5.93. The van der Waals surface area contributed by atoms with Crippen molar-refractivity contribution in [1.29, 1.82) is 0 Å². The van der Waals surface area contributed by atoms with E-state index < -0.39 is 5.95 Å². The molecule has 3 aromatic heterocycles. The van der Waals surface area contributed by atoms with E-state index in [1.807, 2.05) is 31.0 Å². The summed E-state index contributed by atoms with van der Waals surface area (Å²) in [5.74, 6) is 0.0832. The van der Waals surface area contributed by atoms with Crippen molar-refractivity contribution < 1.29 is 9.18 Å². The van der Waals surface area contributed by atoms with Crippen LogP contribution in [0.2, 0.25) is 0 Å². The molecule has 0 saturated carbocycles. The minimum Gasteiger partial charge on any atom is -0.335 e. The van der Waals surface area contributed by atoms with Crippen LogP contribution >= 0.6 is 0 Å². The van der Waals surface area contributed by atoms with Gasteiger partial charge in [0.15, 0.2) is 5.69 Å². The van der Waals surface area contributed by atoms with Crippen molar-refractivity contribution in [3.63, 3.8) is 0 Å². The van der Waals surface area contributed by atoms with Gasteiger partial charge in [0.05, 0.1) is 0 Å². The number of likely N-dealkylation sites (tertiary alicyclic amines) is 1. The summed E-state index contributed by atoms with van der Waals surface area (Å²) in [6.45, 7) is 5.31. The predicted molar refractivity (Wildman–Crippen MR) is 100 cm³/mol. The van der Waals surface area contributed by atoms with Crippen LogP contribution in [0.1, 0.15) is 47.6 Å². The number of pyridine rings is 1. The lowest BCUT2D eigenvalue weighted by Gasteiger charge is -2.35. The third kappa shape index (κ3) is 3.34. The van der Waals surface area contributed by atoms with Crippen molar-refractivity contribution in [2.45, 2.75) is 52.1 Å². The van der Waals surface area contributed by atoms with E-state index in [9.17, 15) is 9.18 Å². The summed E-state index contributed by atoms with van der Waals surface area (Å²) >= 11 is 0. The molecular formula is C20H24FN5O. The Morgan fingerprint density at radius 1 is 1.30 bits per heavy atom. The molecule has 1 saturated heterocycles. The molecule has 1 amide bonds. The molecule has 0 radical (unpaired) electrons. The smallest absolute Gasteiger partial charge is 0.277 e. The quantitative estimate of drug-likeness (QED) is 0.708. The molecule has 0 aliphatic carbocycles. The monoisotopic (exact) mass is 369 g/mol. The van der Waals surface area contributed by atoms with Crippen molar-refractivity contribution >= 4 is 11.6 Å². The lowest BCUT2D eigenvalue weighted by atomic mass is 9.98. The van der Waals surface area contributed by atoms with Gasteiger partial charge in [-0.2, -0.15) is 4.39 Å². The van der Waals surface area contributed by atoms with Gasteiger partial charge in [0.1, 0.15) is 11.5 Å². The van der Waals surface area contributed by atoms with Gasteiger partial charge >= 0.3 is 0 Å². The number of imidazole rings is 2. The summed E-state index contributed by atoms with van der Waals surface area (Å²) in [7, 11) is 0. The largest absolute Gasteiger partial charge is 0.335 e. The van der Waals surface area contributed by atoms with Gasteiger partial charge in [-0.15, -0.1) is 0 Å². The molecule has 4 rings (SSSR count). The summed E-state index contributed by atoms with van der Waals surface area (Å²) in [6.07, 6.45) is 9.21. The molecule has 1 unspecified atom stereocenters. The van der Waals surface area contributed by atoms with Gasteiger partial charge in [0.25, 0.3) is 5.91 Å². The summed E-state index contributed by atoms with van der Waals surface area (Å²) in [4.78, 5) is 23.4. The van der Waals surface area contributed by atoms with Gasteiger partial charge < -0.3 is 9.47 Å². The highest BCUT2D eigenvalue weighted by Crippen LogP contribution is 2.24. The van der Waals surface area contributed by atoms with E-state index in [1.54, 1.807) is 18.5 Å². The zero-order valence-corrected chi connectivity index (χ0v) is 15.7. The number of carbonyl (C=O) groups excluding carboxylic acids is 1. The molecule has 0 N–H and O–H groups in total. The van der Waals surface area contributed by atoms with Crippen molar-refractivity contribution in [2.24, 2.45) is 0 Å². The first-order chi connectivity index (χ1) is 13.0. The minimum absolute atomic E-state index is 0.0775. The topological polar surface area (TPSA) is 55.4 Å². The van der Waals surface area contributed by atoms with Crippen molar-refractivity contribution in [2.75, 3.05) is 6.54 Å². The van der Waals surface area contributed by atoms with Crippen LogP contribution in [0.4, 0.5) is 4.39 Å². The maximum Gasteiger partial charge on any atom is 0.277 e. The van der Waals surface area contributed by atoms with Gasteiger partial charge in [-0.3, -0.25) is 9.20 Å². The van der Waals surface area contributed by atoms with E-state index in [-0.39, 0.29) is 17.6 Å². The van der Waals surface area contributed by atoms with Crippen LogP contribution in [0.15, 0.2) is 30.7 Å². The molecule has 1 aliphatic rings. The number of piperidine rings is 1. The molecule has 1 atom stereocenters. The Morgan fingerprint density at radius 2 is 2.15 bits per heavy atom. The molecule has 142 valence electrons. The zero-order valence-electron chi connectivity index (χ0n) is 15.7. The third-order valence-electron chi connectivity index (χ3n) is 5.43. The predicted octanol–water partition coefficient (Wildman–Crippen LogP) is 3.37. The van der Waals surface area contributed by atoms with Crippen LogP contribution in [0.25, 0.3) is 5.65 Å². The number of carbonyl (C=O) groups is 1. The van der Waals surface area contributed by atoms with Gasteiger partial charge in [-0.25, -0.2) is 9.97 Å². The second kappa shape index (κ2) is 7.13. The van der Waals surface area contributed by atoms with Crippen LogP contribution in [-0.2, 0) is 6.54 Å². The average Bonchev–Trinajstić information content (AvgIpc) is 3.23. The number of nitrogens with zero attached hydrogens (tertiary/aromatic N) is 5. The van der Waals surface area contributed by atoms with Gasteiger partial charge in [-0.1, -0.05) is 6.07 Å². The van der Waals surface area contributed by atoms with Crippen LogP contribution in [0, 0.1) is 19.8 Å². The zero-order chi connectivity index (χ0) is 19.0. The van der Waals surface area contributed by atoms with E-state index in [0.29, 0.717) is 12.2 Å². The molecule has 7 heteroatoms. The molecule has 1 fully saturated rings. The van der Waals surface area contributed by atoms with Crippen LogP contribution in [0.5, 0.6) is 0 Å². The van der Waals surface area contributed by atoms with Crippen LogP contribution < -0.4 is 0 Å². The number of aromatic nitrogens is 4. The van der Waals surface area contributed by atoms with E-state index in [1.165, 1.54) is 4.40 Å². The second-order valence-corrected chi connectivity index (χ2v) is 7.29. The number of hydrogen-bond donors (Lipinski definition) is 0. The van der Waals surface area contributed by atoms with Gasteiger partial charge in [-0.05, 0) is 51.2 Å². The Kier molecular flexibility index (Phi) is 4.68. The van der Waals surface area contributed by atoms with Crippen molar-refractivity contribution in [3.05, 3.63) is 53.8 Å². The Labute approximate surface area is 157 Å². The van der Waals surface area contributed by atoms with Gasteiger partial charge in [0, 0.05) is 37.7 Å². The standard InChI is InChI=1S/C20H24FN5O/c1-14-6-7-17-23-18(19(21)26(17)13-14)20(27)25-10-4-3-5-16(25)8-11-24-12-9-22-15(24)2/h6-7,9,12-13,16H,3-5,8,10-11H2,1-2H3. The summed E-state index contributed by atoms with van der Waals surface area (Å²) in [5.41, 5.74) is 1.31. The summed E-state index contributed by atoms with van der Waals surface area (Å²) in [5, 5.41) is 0. The maximum atomic E-state index is 14.8. The number of halogens is 1. The Balaban J connectivity index is 1.57. The fraction of sp³-hybridized carbons (Fsp3) is 0.450. The highest BCUT2D eigenvalue weighted by atomic mass is 19.1. The van der Waals surface area contributed by atoms with Crippen molar-refractivity contribution in [1.82, 2.24) is 23.8 Å². The molecule has 0 aromatic carbocycles. The first-order valence-corrected chi connectivity index (χ1v) is 9.47. The number of hydrogen-bond acceptors (Lipinski definition) is 3. The minimum atomic E-state index is -0.575. The third-order valence-corrected chi connectivity index (χ3v) is 5.43. The normalized spacial score (nSPS) is 17.6. The molecule has 4 heterocycles. The second-order valence-electron chi connectivity index (χ2n) is 7.29. The fourth-order valence-electron chi connectivity index (χ4n) is 3.89. The van der Waals surface area contributed by atoms with Crippen LogP contribution in [-0.4, -0.2) is 42.3 Å². The summed E-state index contributed by atoms with van der Waals surface area (Å²) in [6, 6.07) is 3.71. The lowest BCUT2D eigenvalue weighted by molar-refractivity contribution is 0.0584. The van der Waals surface area contributed by atoms with Crippen LogP contribution in [0.3, 0.4) is 0 Å². The van der Waals surface area contributed by atoms with E-state index in [4.69, 9.17) is 0 Å². The number of fused-ring (bicyclic) bond motifs is 1. The molecule has 3 aromatic rings. The molecular weight excluding hydrogens is 345 g/mol. The van der Waals surface area contributed by atoms with E-state index >= 15 is 0 Å². The summed E-state index contributed by atoms with van der Waals surface area (Å²) < 4.78 is 18.3. The molecule has 6 nitrogen and oxygen atoms in total.